The van der Waals surface area contributed by atoms with Crippen molar-refractivity contribution >= 4 is 46.8 Å². The maximum atomic E-state index is 13.9. The van der Waals surface area contributed by atoms with Crippen molar-refractivity contribution in [2.24, 2.45) is 11.8 Å². The number of aromatic amines is 1. The molecule has 38 heavy (non-hydrogen) atoms. The number of carbonyl (C=O) groups is 2. The minimum atomic E-state index is -0.338. The highest BCUT2D eigenvalue weighted by molar-refractivity contribution is 6.35. The lowest BCUT2D eigenvalue weighted by atomic mass is 9.72. The molecule has 11 heteroatoms. The van der Waals surface area contributed by atoms with Gasteiger partial charge in [-0.05, 0) is 78.6 Å². The van der Waals surface area contributed by atoms with Crippen LogP contribution < -0.4 is 10.2 Å². The number of benzene rings is 2. The van der Waals surface area contributed by atoms with E-state index in [1.165, 1.54) is 0 Å². The van der Waals surface area contributed by atoms with Gasteiger partial charge in [0.1, 0.15) is 0 Å². The van der Waals surface area contributed by atoms with Gasteiger partial charge in [-0.25, -0.2) is 4.79 Å². The quantitative estimate of drug-likeness (QED) is 0.363. The summed E-state index contributed by atoms with van der Waals surface area (Å²) in [6, 6.07) is 12.4. The SMILES string of the molecule is C.CC(C)C1CCC2(CC1)CN(c1cc(Cl)ccc1Cl)C(=O)N2Cc1ccc(C(=O)Nc2nn[nH]n2)cc1. The van der Waals surface area contributed by atoms with Crippen molar-refractivity contribution in [2.45, 2.75) is 59.0 Å². The zero-order chi connectivity index (χ0) is 26.2. The number of halogens is 2. The Morgan fingerprint density at radius 1 is 1.16 bits per heavy atom. The summed E-state index contributed by atoms with van der Waals surface area (Å²) < 4.78 is 0. The molecule has 2 N–H and O–H groups in total. The van der Waals surface area contributed by atoms with E-state index in [1.807, 2.05) is 17.0 Å². The van der Waals surface area contributed by atoms with Crippen LogP contribution in [0.2, 0.25) is 10.0 Å². The van der Waals surface area contributed by atoms with Gasteiger partial charge < -0.3 is 4.90 Å². The van der Waals surface area contributed by atoms with E-state index in [2.05, 4.69) is 39.8 Å². The molecule has 1 spiro atoms. The van der Waals surface area contributed by atoms with Gasteiger partial charge >= 0.3 is 6.03 Å². The Morgan fingerprint density at radius 2 is 1.87 bits per heavy atom. The molecule has 1 saturated carbocycles. The minimum absolute atomic E-state index is 0. The van der Waals surface area contributed by atoms with Crippen LogP contribution in [0.3, 0.4) is 0 Å². The van der Waals surface area contributed by atoms with Crippen molar-refractivity contribution in [1.82, 2.24) is 25.5 Å². The molecule has 0 atom stereocenters. The summed E-state index contributed by atoms with van der Waals surface area (Å²) in [7, 11) is 0. The number of urea groups is 1. The molecule has 3 amide bonds. The molecule has 2 fully saturated rings. The van der Waals surface area contributed by atoms with Crippen molar-refractivity contribution in [3.05, 3.63) is 63.6 Å². The van der Waals surface area contributed by atoms with Gasteiger partial charge in [-0.3, -0.25) is 15.0 Å². The molecule has 202 valence electrons. The molecular weight excluding hydrogens is 525 g/mol. The van der Waals surface area contributed by atoms with Gasteiger partial charge in [0, 0.05) is 17.1 Å². The van der Waals surface area contributed by atoms with E-state index < -0.39 is 0 Å². The van der Waals surface area contributed by atoms with Gasteiger partial charge in [0.2, 0.25) is 0 Å². The average molecular weight is 559 g/mol. The Morgan fingerprint density at radius 3 is 2.50 bits per heavy atom. The summed E-state index contributed by atoms with van der Waals surface area (Å²) in [6.07, 6.45) is 4.02. The maximum Gasteiger partial charge on any atom is 0.325 e. The third kappa shape index (κ3) is 5.49. The molecular formula is C27H33Cl2N7O2. The average Bonchev–Trinajstić information content (AvgIpc) is 3.49. The number of tetrazole rings is 1. The second-order valence-corrected chi connectivity index (χ2v) is 11.1. The fourth-order valence-electron chi connectivity index (χ4n) is 5.52. The highest BCUT2D eigenvalue weighted by Gasteiger charge is 2.51. The molecule has 9 nitrogen and oxygen atoms in total. The molecule has 0 bridgehead atoms. The Balaban J connectivity index is 0.00000336. The number of H-pyrrole nitrogens is 1. The minimum Gasteiger partial charge on any atom is -0.313 e. The van der Waals surface area contributed by atoms with Crippen LogP contribution >= 0.6 is 23.2 Å². The van der Waals surface area contributed by atoms with Crippen molar-refractivity contribution in [3.8, 4) is 0 Å². The Hall–Kier alpha value is -3.17. The number of amides is 3. The fourth-order valence-corrected chi connectivity index (χ4v) is 5.90. The summed E-state index contributed by atoms with van der Waals surface area (Å²) in [5, 5.41) is 16.8. The topological polar surface area (TPSA) is 107 Å². The first-order chi connectivity index (χ1) is 17.8. The number of hydrogen-bond donors (Lipinski definition) is 2. The highest BCUT2D eigenvalue weighted by Crippen LogP contribution is 2.46. The van der Waals surface area contributed by atoms with E-state index >= 15 is 0 Å². The first kappa shape index (κ1) is 27.9. The van der Waals surface area contributed by atoms with Crippen LogP contribution in [-0.4, -0.2) is 49.5 Å². The van der Waals surface area contributed by atoms with Crippen molar-refractivity contribution < 1.29 is 9.59 Å². The van der Waals surface area contributed by atoms with E-state index in [9.17, 15) is 9.59 Å². The first-order valence-corrected chi connectivity index (χ1v) is 13.2. The smallest absolute Gasteiger partial charge is 0.313 e. The van der Waals surface area contributed by atoms with Crippen LogP contribution in [0.4, 0.5) is 16.4 Å². The second-order valence-electron chi connectivity index (χ2n) is 10.2. The number of nitrogens with one attached hydrogen (secondary N) is 2. The van der Waals surface area contributed by atoms with E-state index in [0.717, 1.165) is 31.2 Å². The van der Waals surface area contributed by atoms with Crippen LogP contribution in [0.15, 0.2) is 42.5 Å². The summed E-state index contributed by atoms with van der Waals surface area (Å²) in [5.41, 5.74) is 1.75. The summed E-state index contributed by atoms with van der Waals surface area (Å²) in [4.78, 5) is 30.1. The number of nitrogens with zero attached hydrogens (tertiary/aromatic N) is 5. The lowest BCUT2D eigenvalue weighted by Gasteiger charge is -2.43. The van der Waals surface area contributed by atoms with Crippen molar-refractivity contribution in [3.63, 3.8) is 0 Å². The fraction of sp³-hybridized carbons (Fsp3) is 0.444. The molecule has 2 aromatic carbocycles. The van der Waals surface area contributed by atoms with Gasteiger partial charge in [-0.2, -0.15) is 5.21 Å². The maximum absolute atomic E-state index is 13.9. The van der Waals surface area contributed by atoms with Crippen LogP contribution in [0.1, 0.15) is 62.9 Å². The monoisotopic (exact) mass is 557 g/mol. The zero-order valence-corrected chi connectivity index (χ0v) is 22.3. The largest absolute Gasteiger partial charge is 0.325 e. The van der Waals surface area contributed by atoms with Crippen molar-refractivity contribution in [1.29, 1.82) is 0 Å². The number of carbonyl (C=O) groups excluding carboxylic acids is 2. The summed E-state index contributed by atoms with van der Waals surface area (Å²) >= 11 is 12.8. The molecule has 5 rings (SSSR count). The molecule has 2 aliphatic rings. The number of aromatic nitrogens is 4. The third-order valence-electron chi connectivity index (χ3n) is 7.72. The normalized spacial score (nSPS) is 21.2. The standard InChI is InChI=1S/C26H29Cl2N7O2.CH4/c1-16(2)18-9-11-26(12-10-18)15-34(22-13-20(27)7-8-21(22)28)25(37)35(26)14-17-3-5-19(6-4-17)23(36)29-24-30-32-33-31-24;/h3-8,13,16,18H,9-12,14-15H2,1-2H3,(H2,29,30,31,32,33,36);1H4. The number of rotatable bonds is 6. The molecule has 1 saturated heterocycles. The Kier molecular flexibility index (Phi) is 8.28. The molecule has 1 aliphatic heterocycles. The van der Waals surface area contributed by atoms with E-state index in [4.69, 9.17) is 23.2 Å². The van der Waals surface area contributed by atoms with Gasteiger partial charge in [0.15, 0.2) is 0 Å². The van der Waals surface area contributed by atoms with Crippen molar-refractivity contribution in [2.75, 3.05) is 16.8 Å². The van der Waals surface area contributed by atoms with E-state index in [-0.39, 0.29) is 30.9 Å². The summed E-state index contributed by atoms with van der Waals surface area (Å²) in [6.45, 7) is 5.55. The second kappa shape index (κ2) is 11.3. The van der Waals surface area contributed by atoms with Gasteiger partial charge in [-0.15, -0.1) is 5.10 Å². The molecule has 1 aliphatic carbocycles. The van der Waals surface area contributed by atoms with Crippen LogP contribution in [-0.2, 0) is 6.54 Å². The van der Waals surface area contributed by atoms with Crippen LogP contribution in [0.25, 0.3) is 0 Å². The number of anilines is 2. The lowest BCUT2D eigenvalue weighted by molar-refractivity contribution is 0.0843. The third-order valence-corrected chi connectivity index (χ3v) is 8.27. The van der Waals surface area contributed by atoms with E-state index in [1.54, 1.807) is 35.2 Å². The predicted octanol–water partition coefficient (Wildman–Crippen LogP) is 6.42. The molecule has 0 unspecified atom stereocenters. The lowest BCUT2D eigenvalue weighted by Crippen LogP contribution is -2.49. The van der Waals surface area contributed by atoms with Crippen LogP contribution in [0.5, 0.6) is 0 Å². The molecule has 1 aromatic heterocycles. The first-order valence-electron chi connectivity index (χ1n) is 12.4. The Bertz CT molecular complexity index is 1270. The van der Waals surface area contributed by atoms with Gasteiger partial charge in [-0.1, -0.05) is 61.7 Å². The predicted molar refractivity (Wildman–Crippen MR) is 150 cm³/mol. The molecule has 3 aromatic rings. The van der Waals surface area contributed by atoms with E-state index in [0.29, 0.717) is 46.2 Å². The van der Waals surface area contributed by atoms with Gasteiger partial charge in [0.05, 0.1) is 22.8 Å². The van der Waals surface area contributed by atoms with Gasteiger partial charge in [0.25, 0.3) is 11.9 Å². The highest BCUT2D eigenvalue weighted by atomic mass is 35.5. The summed E-state index contributed by atoms with van der Waals surface area (Å²) in [5.74, 6) is 1.04. The zero-order valence-electron chi connectivity index (χ0n) is 20.7. The van der Waals surface area contributed by atoms with Crippen LogP contribution in [0, 0.1) is 11.8 Å². The molecule has 2 heterocycles. The molecule has 0 radical (unpaired) electrons. The number of hydrogen-bond acceptors (Lipinski definition) is 5. The Labute approximate surface area is 232 Å².